The van der Waals surface area contributed by atoms with E-state index in [9.17, 15) is 9.59 Å². The topological polar surface area (TPSA) is 40.6 Å². The van der Waals surface area contributed by atoms with Crippen LogP contribution in [0.25, 0.3) is 0 Å². The van der Waals surface area contributed by atoms with Gasteiger partial charge in [0.1, 0.15) is 0 Å². The first kappa shape index (κ1) is 16.2. The van der Waals surface area contributed by atoms with Gasteiger partial charge in [-0.25, -0.2) is 0 Å². The molecular weight excluding hydrogens is 300 g/mol. The van der Waals surface area contributed by atoms with Gasteiger partial charge >= 0.3 is 0 Å². The molecule has 1 fully saturated rings. The van der Waals surface area contributed by atoms with Crippen molar-refractivity contribution in [3.63, 3.8) is 0 Å². The van der Waals surface area contributed by atoms with Crippen LogP contribution < -0.4 is 0 Å². The standard InChI is InChI=1S/C20H22N2O2/c1-16-7-5-10-18(15-16)20(24)22-12-6-11-21(13-14-22)19(23)17-8-3-2-4-9-17/h2-5,7-10,15H,6,11-14H2,1H3. The molecule has 0 atom stereocenters. The summed E-state index contributed by atoms with van der Waals surface area (Å²) in [6.45, 7) is 4.51. The molecule has 4 nitrogen and oxygen atoms in total. The monoisotopic (exact) mass is 322 g/mol. The van der Waals surface area contributed by atoms with Gasteiger partial charge in [0.2, 0.25) is 0 Å². The Morgan fingerprint density at radius 2 is 1.33 bits per heavy atom. The van der Waals surface area contributed by atoms with E-state index in [-0.39, 0.29) is 11.8 Å². The van der Waals surface area contributed by atoms with Crippen molar-refractivity contribution >= 4 is 11.8 Å². The van der Waals surface area contributed by atoms with E-state index in [1.54, 1.807) is 0 Å². The van der Waals surface area contributed by atoms with E-state index in [0.29, 0.717) is 31.7 Å². The molecule has 0 saturated carbocycles. The second-order valence-electron chi connectivity index (χ2n) is 6.17. The number of carbonyl (C=O) groups excluding carboxylic acids is 2. The van der Waals surface area contributed by atoms with Crippen LogP contribution in [0, 0.1) is 6.92 Å². The summed E-state index contributed by atoms with van der Waals surface area (Å²) in [5.41, 5.74) is 2.50. The molecule has 1 aliphatic rings. The van der Waals surface area contributed by atoms with Gasteiger partial charge < -0.3 is 9.80 Å². The maximum Gasteiger partial charge on any atom is 0.253 e. The molecule has 2 amide bonds. The second kappa shape index (κ2) is 7.30. The summed E-state index contributed by atoms with van der Waals surface area (Å²) in [7, 11) is 0. The van der Waals surface area contributed by atoms with Crippen LogP contribution in [0.1, 0.15) is 32.7 Å². The Kier molecular flexibility index (Phi) is 4.94. The van der Waals surface area contributed by atoms with Crippen molar-refractivity contribution in [1.29, 1.82) is 0 Å². The fraction of sp³-hybridized carbons (Fsp3) is 0.300. The van der Waals surface area contributed by atoms with Gasteiger partial charge in [0.15, 0.2) is 0 Å². The van der Waals surface area contributed by atoms with Crippen molar-refractivity contribution < 1.29 is 9.59 Å². The minimum atomic E-state index is 0.0421. The number of amides is 2. The SMILES string of the molecule is Cc1cccc(C(=O)N2CCCN(C(=O)c3ccccc3)CC2)c1. The van der Waals surface area contributed by atoms with E-state index in [2.05, 4.69) is 0 Å². The highest BCUT2D eigenvalue weighted by Crippen LogP contribution is 2.13. The zero-order chi connectivity index (χ0) is 16.9. The zero-order valence-electron chi connectivity index (χ0n) is 13.9. The Balaban J connectivity index is 1.67. The van der Waals surface area contributed by atoms with Gasteiger partial charge in [0, 0.05) is 37.3 Å². The van der Waals surface area contributed by atoms with Crippen LogP contribution in [0.4, 0.5) is 0 Å². The molecule has 0 spiro atoms. The molecule has 0 aromatic heterocycles. The quantitative estimate of drug-likeness (QED) is 0.853. The minimum Gasteiger partial charge on any atom is -0.337 e. The lowest BCUT2D eigenvalue weighted by atomic mass is 10.1. The Morgan fingerprint density at radius 3 is 1.96 bits per heavy atom. The third-order valence-electron chi connectivity index (χ3n) is 4.36. The van der Waals surface area contributed by atoms with Gasteiger partial charge in [-0.1, -0.05) is 35.9 Å². The van der Waals surface area contributed by atoms with E-state index in [1.807, 2.05) is 71.3 Å². The molecule has 0 bridgehead atoms. The first-order valence-electron chi connectivity index (χ1n) is 8.35. The van der Waals surface area contributed by atoms with Gasteiger partial charge in [0.05, 0.1) is 0 Å². The third-order valence-corrected chi connectivity index (χ3v) is 4.36. The van der Waals surface area contributed by atoms with Gasteiger partial charge in [-0.3, -0.25) is 9.59 Å². The van der Waals surface area contributed by atoms with Crippen LogP contribution in [0.3, 0.4) is 0 Å². The maximum absolute atomic E-state index is 12.7. The lowest BCUT2D eigenvalue weighted by molar-refractivity contribution is 0.0718. The van der Waals surface area contributed by atoms with Crippen LogP contribution >= 0.6 is 0 Å². The average Bonchev–Trinajstić information content (AvgIpc) is 2.87. The highest BCUT2D eigenvalue weighted by Gasteiger charge is 2.23. The molecule has 0 unspecified atom stereocenters. The van der Waals surface area contributed by atoms with Gasteiger partial charge in [-0.2, -0.15) is 0 Å². The molecular formula is C20H22N2O2. The predicted octanol–water partition coefficient (Wildman–Crippen LogP) is 2.98. The molecule has 3 rings (SSSR count). The molecule has 2 aromatic rings. The van der Waals surface area contributed by atoms with E-state index in [1.165, 1.54) is 0 Å². The Morgan fingerprint density at radius 1 is 0.750 bits per heavy atom. The van der Waals surface area contributed by atoms with Crippen molar-refractivity contribution in [3.8, 4) is 0 Å². The summed E-state index contributed by atoms with van der Waals surface area (Å²) < 4.78 is 0. The fourth-order valence-electron chi connectivity index (χ4n) is 3.05. The first-order valence-corrected chi connectivity index (χ1v) is 8.35. The largest absolute Gasteiger partial charge is 0.337 e. The smallest absolute Gasteiger partial charge is 0.253 e. The predicted molar refractivity (Wildman–Crippen MR) is 94.0 cm³/mol. The highest BCUT2D eigenvalue weighted by molar-refractivity contribution is 5.95. The summed E-state index contributed by atoms with van der Waals surface area (Å²) in [6, 6.07) is 17.0. The van der Waals surface area contributed by atoms with Crippen molar-refractivity contribution in [2.75, 3.05) is 26.2 Å². The van der Waals surface area contributed by atoms with Crippen molar-refractivity contribution in [3.05, 3.63) is 71.3 Å². The number of carbonyl (C=O) groups is 2. The summed E-state index contributed by atoms with van der Waals surface area (Å²) in [6.07, 6.45) is 0.802. The lowest BCUT2D eigenvalue weighted by Gasteiger charge is -2.22. The maximum atomic E-state index is 12.7. The third kappa shape index (κ3) is 3.65. The van der Waals surface area contributed by atoms with Crippen molar-refractivity contribution in [2.45, 2.75) is 13.3 Å². The average molecular weight is 322 g/mol. The Labute approximate surface area is 142 Å². The normalized spacial score (nSPS) is 15.0. The molecule has 1 saturated heterocycles. The Bertz CT molecular complexity index is 727. The number of hydrogen-bond acceptors (Lipinski definition) is 2. The summed E-state index contributed by atoms with van der Waals surface area (Å²) in [5, 5.41) is 0. The van der Waals surface area contributed by atoms with Gasteiger partial charge in [-0.15, -0.1) is 0 Å². The second-order valence-corrected chi connectivity index (χ2v) is 6.17. The number of aryl methyl sites for hydroxylation is 1. The summed E-state index contributed by atoms with van der Waals surface area (Å²) >= 11 is 0. The van der Waals surface area contributed by atoms with E-state index in [4.69, 9.17) is 0 Å². The lowest BCUT2D eigenvalue weighted by Crippen LogP contribution is -2.37. The molecule has 1 heterocycles. The highest BCUT2D eigenvalue weighted by atomic mass is 16.2. The Hall–Kier alpha value is -2.62. The van der Waals surface area contributed by atoms with Crippen LogP contribution in [0.15, 0.2) is 54.6 Å². The molecule has 4 heteroatoms. The summed E-state index contributed by atoms with van der Waals surface area (Å²) in [5.74, 6) is 0.0909. The van der Waals surface area contributed by atoms with Crippen LogP contribution in [-0.2, 0) is 0 Å². The number of hydrogen-bond donors (Lipinski definition) is 0. The molecule has 0 aliphatic carbocycles. The van der Waals surface area contributed by atoms with E-state index in [0.717, 1.165) is 17.5 Å². The van der Waals surface area contributed by atoms with Gasteiger partial charge in [0.25, 0.3) is 11.8 Å². The van der Waals surface area contributed by atoms with Gasteiger partial charge in [-0.05, 0) is 37.6 Å². The minimum absolute atomic E-state index is 0.0421. The van der Waals surface area contributed by atoms with Crippen LogP contribution in [0.2, 0.25) is 0 Å². The van der Waals surface area contributed by atoms with Crippen molar-refractivity contribution in [1.82, 2.24) is 9.80 Å². The van der Waals surface area contributed by atoms with Crippen molar-refractivity contribution in [2.24, 2.45) is 0 Å². The number of rotatable bonds is 2. The number of benzene rings is 2. The van der Waals surface area contributed by atoms with Crippen LogP contribution in [-0.4, -0.2) is 47.8 Å². The molecule has 1 aliphatic heterocycles. The number of nitrogens with zero attached hydrogens (tertiary/aromatic N) is 2. The summed E-state index contributed by atoms with van der Waals surface area (Å²) in [4.78, 5) is 28.9. The van der Waals surface area contributed by atoms with E-state index >= 15 is 0 Å². The van der Waals surface area contributed by atoms with E-state index < -0.39 is 0 Å². The first-order chi connectivity index (χ1) is 11.6. The fourth-order valence-corrected chi connectivity index (χ4v) is 3.05. The molecule has 24 heavy (non-hydrogen) atoms. The van der Waals surface area contributed by atoms with Crippen LogP contribution in [0.5, 0.6) is 0 Å². The molecule has 124 valence electrons. The molecule has 2 aromatic carbocycles. The zero-order valence-corrected chi connectivity index (χ0v) is 13.9. The molecule has 0 N–H and O–H groups in total. The molecule has 0 radical (unpaired) electrons.